The normalized spacial score (nSPS) is 10.8. The molecule has 2 aromatic rings. The van der Waals surface area contributed by atoms with E-state index in [1.54, 1.807) is 18.3 Å². The van der Waals surface area contributed by atoms with Crippen molar-refractivity contribution < 1.29 is 4.74 Å². The van der Waals surface area contributed by atoms with E-state index in [4.69, 9.17) is 10.00 Å². The number of hydrogen-bond donors (Lipinski definition) is 0. The molecule has 0 saturated heterocycles. The third-order valence-corrected chi connectivity index (χ3v) is 2.99. The van der Waals surface area contributed by atoms with Crippen LogP contribution in [0.25, 0.3) is 0 Å². The van der Waals surface area contributed by atoms with Crippen LogP contribution >= 0.6 is 0 Å². The highest BCUT2D eigenvalue weighted by molar-refractivity contribution is 5.34. The molecule has 0 aliphatic rings. The number of ether oxygens (including phenoxy) is 1. The number of hydrogen-bond acceptors (Lipinski definition) is 4. The minimum absolute atomic E-state index is 0.300. The van der Waals surface area contributed by atoms with Gasteiger partial charge in [-0.05, 0) is 63.1 Å². The van der Waals surface area contributed by atoms with Gasteiger partial charge in [0.05, 0.1) is 17.3 Å². The van der Waals surface area contributed by atoms with Crippen LogP contribution in [0.4, 0.5) is 0 Å². The fourth-order valence-corrected chi connectivity index (χ4v) is 1.86. The Morgan fingerprint density at radius 3 is 2.55 bits per heavy atom. The van der Waals surface area contributed by atoms with E-state index in [1.165, 1.54) is 0 Å². The van der Waals surface area contributed by atoms with E-state index in [-0.39, 0.29) is 5.60 Å². The average molecular weight is 267 g/mol. The van der Waals surface area contributed by atoms with Crippen LogP contribution in [0.15, 0.2) is 42.6 Å². The maximum Gasteiger partial charge on any atom is 0.120 e. The maximum atomic E-state index is 8.77. The molecule has 0 aliphatic heterocycles. The van der Waals surface area contributed by atoms with Gasteiger partial charge in [-0.1, -0.05) is 0 Å². The number of aryl methyl sites for hydroxylation is 1. The Morgan fingerprint density at radius 2 is 1.95 bits per heavy atom. The van der Waals surface area contributed by atoms with Crippen molar-refractivity contribution in [3.63, 3.8) is 0 Å². The molecule has 2 rings (SSSR count). The van der Waals surface area contributed by atoms with Crippen molar-refractivity contribution >= 4 is 0 Å². The Bertz CT molecular complexity index is 585. The molecule has 1 aromatic carbocycles. The quantitative estimate of drug-likeness (QED) is 0.835. The number of benzene rings is 1. The van der Waals surface area contributed by atoms with Gasteiger partial charge >= 0.3 is 0 Å². The zero-order valence-electron chi connectivity index (χ0n) is 11.7. The summed E-state index contributed by atoms with van der Waals surface area (Å²) < 4.78 is 5.97. The molecule has 4 heteroatoms. The second-order valence-electron chi connectivity index (χ2n) is 5.21. The van der Waals surface area contributed by atoms with Gasteiger partial charge in [-0.2, -0.15) is 15.5 Å². The van der Waals surface area contributed by atoms with Crippen molar-refractivity contribution in [3.8, 4) is 11.8 Å². The minimum atomic E-state index is -0.300. The summed E-state index contributed by atoms with van der Waals surface area (Å²) in [7, 11) is 0. The molecule has 20 heavy (non-hydrogen) atoms. The molecular formula is C16H17N3O. The van der Waals surface area contributed by atoms with Crippen molar-refractivity contribution in [1.29, 1.82) is 5.26 Å². The summed E-state index contributed by atoms with van der Waals surface area (Å²) in [5, 5.41) is 16.7. The minimum Gasteiger partial charge on any atom is -0.488 e. The zero-order valence-corrected chi connectivity index (χ0v) is 11.7. The van der Waals surface area contributed by atoms with Gasteiger partial charge in [-0.3, -0.25) is 0 Å². The van der Waals surface area contributed by atoms with Gasteiger partial charge in [0.25, 0.3) is 0 Å². The van der Waals surface area contributed by atoms with Crippen molar-refractivity contribution in [3.05, 3.63) is 53.9 Å². The smallest absolute Gasteiger partial charge is 0.120 e. The summed E-state index contributed by atoms with van der Waals surface area (Å²) in [6.07, 6.45) is 3.32. The summed E-state index contributed by atoms with van der Waals surface area (Å²) >= 11 is 0. The van der Waals surface area contributed by atoms with Crippen LogP contribution in [0.5, 0.6) is 5.75 Å². The molecule has 0 bridgehead atoms. The Hall–Kier alpha value is -2.41. The molecule has 0 aliphatic carbocycles. The summed E-state index contributed by atoms with van der Waals surface area (Å²) in [6, 6.07) is 13.1. The van der Waals surface area contributed by atoms with Crippen LogP contribution in [0.3, 0.4) is 0 Å². The van der Waals surface area contributed by atoms with Gasteiger partial charge in [0.2, 0.25) is 0 Å². The monoisotopic (exact) mass is 267 g/mol. The lowest BCUT2D eigenvalue weighted by Gasteiger charge is -2.26. The molecule has 102 valence electrons. The molecule has 0 spiro atoms. The lowest BCUT2D eigenvalue weighted by atomic mass is 10.0. The van der Waals surface area contributed by atoms with Gasteiger partial charge in [0, 0.05) is 6.20 Å². The van der Waals surface area contributed by atoms with E-state index < -0.39 is 0 Å². The lowest BCUT2D eigenvalue weighted by molar-refractivity contribution is 0.0994. The van der Waals surface area contributed by atoms with E-state index in [1.807, 2.05) is 38.1 Å². The van der Waals surface area contributed by atoms with Gasteiger partial charge in [-0.15, -0.1) is 0 Å². The first-order valence-electron chi connectivity index (χ1n) is 6.55. The van der Waals surface area contributed by atoms with Crippen LogP contribution in [0, 0.1) is 11.3 Å². The van der Waals surface area contributed by atoms with Crippen LogP contribution < -0.4 is 4.74 Å². The predicted octanol–water partition coefficient (Wildman–Crippen LogP) is 3.14. The molecule has 0 fully saturated rings. The first-order chi connectivity index (χ1) is 9.59. The third-order valence-electron chi connectivity index (χ3n) is 2.99. The molecule has 0 radical (unpaired) electrons. The number of aromatic nitrogens is 2. The van der Waals surface area contributed by atoms with Gasteiger partial charge in [-0.25, -0.2) is 0 Å². The number of nitrogens with zero attached hydrogens (tertiary/aromatic N) is 3. The third kappa shape index (κ3) is 4.06. The van der Waals surface area contributed by atoms with E-state index in [9.17, 15) is 0 Å². The first kappa shape index (κ1) is 14.0. The lowest BCUT2D eigenvalue weighted by Crippen LogP contribution is -2.29. The SMILES string of the molecule is CC(C)(CCc1cccnn1)Oc1ccc(C#N)cc1. The summed E-state index contributed by atoms with van der Waals surface area (Å²) in [5.41, 5.74) is 1.30. The molecule has 0 N–H and O–H groups in total. The highest BCUT2D eigenvalue weighted by atomic mass is 16.5. The van der Waals surface area contributed by atoms with Gasteiger partial charge in [0.15, 0.2) is 0 Å². The second-order valence-corrected chi connectivity index (χ2v) is 5.21. The van der Waals surface area contributed by atoms with Crippen molar-refractivity contribution in [2.45, 2.75) is 32.3 Å². The molecule has 0 unspecified atom stereocenters. The second kappa shape index (κ2) is 6.16. The molecular weight excluding hydrogens is 250 g/mol. The van der Waals surface area contributed by atoms with Crippen molar-refractivity contribution in [1.82, 2.24) is 10.2 Å². The summed E-state index contributed by atoms with van der Waals surface area (Å²) in [5.74, 6) is 0.771. The van der Waals surface area contributed by atoms with E-state index >= 15 is 0 Å². The molecule has 0 atom stereocenters. The fraction of sp³-hybridized carbons (Fsp3) is 0.312. The van der Waals surface area contributed by atoms with Crippen molar-refractivity contribution in [2.24, 2.45) is 0 Å². The van der Waals surface area contributed by atoms with E-state index in [2.05, 4.69) is 16.3 Å². The first-order valence-corrected chi connectivity index (χ1v) is 6.55. The molecule has 1 aromatic heterocycles. The summed E-state index contributed by atoms with van der Waals surface area (Å²) in [4.78, 5) is 0. The van der Waals surface area contributed by atoms with Crippen LogP contribution in [-0.2, 0) is 6.42 Å². The molecule has 0 amide bonds. The Kier molecular flexibility index (Phi) is 4.31. The predicted molar refractivity (Wildman–Crippen MR) is 76.2 cm³/mol. The Labute approximate surface area is 119 Å². The Morgan fingerprint density at radius 1 is 1.20 bits per heavy atom. The van der Waals surface area contributed by atoms with Gasteiger partial charge < -0.3 is 4.74 Å². The topological polar surface area (TPSA) is 58.8 Å². The fourth-order valence-electron chi connectivity index (χ4n) is 1.86. The Balaban J connectivity index is 1.94. The van der Waals surface area contributed by atoms with E-state index in [0.717, 1.165) is 24.3 Å². The molecule has 0 saturated carbocycles. The maximum absolute atomic E-state index is 8.77. The zero-order chi connectivity index (χ0) is 14.4. The largest absolute Gasteiger partial charge is 0.488 e. The number of rotatable bonds is 5. The standard InChI is InChI=1S/C16H17N3O/c1-16(2,10-9-14-4-3-11-18-19-14)20-15-7-5-13(12-17)6-8-15/h3-8,11H,9-10H2,1-2H3. The number of nitriles is 1. The van der Waals surface area contributed by atoms with E-state index in [0.29, 0.717) is 5.56 Å². The highest BCUT2D eigenvalue weighted by Crippen LogP contribution is 2.22. The van der Waals surface area contributed by atoms with Crippen LogP contribution in [0.1, 0.15) is 31.5 Å². The highest BCUT2D eigenvalue weighted by Gasteiger charge is 2.20. The van der Waals surface area contributed by atoms with Crippen molar-refractivity contribution in [2.75, 3.05) is 0 Å². The molecule has 4 nitrogen and oxygen atoms in total. The average Bonchev–Trinajstić information content (AvgIpc) is 2.47. The molecule has 1 heterocycles. The van der Waals surface area contributed by atoms with Gasteiger partial charge in [0.1, 0.15) is 11.4 Å². The summed E-state index contributed by atoms with van der Waals surface area (Å²) in [6.45, 7) is 4.09. The van der Waals surface area contributed by atoms with Crippen LogP contribution in [0.2, 0.25) is 0 Å². The van der Waals surface area contributed by atoms with Crippen LogP contribution in [-0.4, -0.2) is 15.8 Å².